The highest BCUT2D eigenvalue weighted by atomic mass is 16.4. The summed E-state index contributed by atoms with van der Waals surface area (Å²) in [5.41, 5.74) is 0.849. The number of rotatable bonds is 1. The lowest BCUT2D eigenvalue weighted by Gasteiger charge is -2.11. The normalized spacial score (nSPS) is 23.2. The summed E-state index contributed by atoms with van der Waals surface area (Å²) in [6.07, 6.45) is 1.36. The molecule has 4 heteroatoms. The van der Waals surface area contributed by atoms with Gasteiger partial charge in [-0.2, -0.15) is 0 Å². The average molecular weight is 167 g/mol. The Morgan fingerprint density at radius 2 is 2.17 bits per heavy atom. The van der Waals surface area contributed by atoms with Gasteiger partial charge >= 0.3 is 5.97 Å². The van der Waals surface area contributed by atoms with E-state index in [4.69, 9.17) is 5.11 Å². The fourth-order valence-corrected chi connectivity index (χ4v) is 1.08. The topological polar surface area (TPSA) is 66.7 Å². The SMILES string of the molecule is CC1=CC(C(=O)O)C(=O)C(C)=N1. The number of carboxylic acid groups (broad SMARTS) is 1. The van der Waals surface area contributed by atoms with Crippen LogP contribution >= 0.6 is 0 Å². The largest absolute Gasteiger partial charge is 0.480 e. The number of carboxylic acids is 1. The average Bonchev–Trinajstić information content (AvgIpc) is 1.96. The Bertz CT molecular complexity index is 301. The predicted molar refractivity (Wildman–Crippen MR) is 43.0 cm³/mol. The standard InChI is InChI=1S/C8H9NO3/c1-4-3-6(8(11)12)7(10)5(2)9-4/h3,6H,1-2H3,(H,11,12). The molecule has 0 bridgehead atoms. The molecule has 0 aromatic rings. The summed E-state index contributed by atoms with van der Waals surface area (Å²) in [5, 5.41) is 8.62. The minimum Gasteiger partial charge on any atom is -0.480 e. The second-order valence-corrected chi connectivity index (χ2v) is 2.69. The monoisotopic (exact) mass is 167 g/mol. The maximum absolute atomic E-state index is 11.2. The van der Waals surface area contributed by atoms with Crippen molar-refractivity contribution in [2.75, 3.05) is 0 Å². The molecule has 0 saturated carbocycles. The first-order valence-corrected chi connectivity index (χ1v) is 3.53. The molecule has 64 valence electrons. The van der Waals surface area contributed by atoms with E-state index in [9.17, 15) is 9.59 Å². The lowest BCUT2D eigenvalue weighted by atomic mass is 9.97. The van der Waals surface area contributed by atoms with Gasteiger partial charge in [-0.3, -0.25) is 14.6 Å². The Kier molecular flexibility index (Phi) is 2.08. The van der Waals surface area contributed by atoms with Gasteiger partial charge < -0.3 is 5.11 Å². The van der Waals surface area contributed by atoms with E-state index < -0.39 is 17.7 Å². The van der Waals surface area contributed by atoms with Crippen LogP contribution in [0.25, 0.3) is 0 Å². The highest BCUT2D eigenvalue weighted by Gasteiger charge is 2.28. The van der Waals surface area contributed by atoms with E-state index in [0.29, 0.717) is 5.70 Å². The van der Waals surface area contributed by atoms with Crippen LogP contribution in [0, 0.1) is 5.92 Å². The minimum absolute atomic E-state index is 0.266. The van der Waals surface area contributed by atoms with Crippen molar-refractivity contribution < 1.29 is 14.7 Å². The maximum atomic E-state index is 11.2. The maximum Gasteiger partial charge on any atom is 0.318 e. The molecule has 1 N–H and O–H groups in total. The zero-order chi connectivity index (χ0) is 9.30. The van der Waals surface area contributed by atoms with Crippen LogP contribution < -0.4 is 0 Å². The number of aliphatic carboxylic acids is 1. The Hall–Kier alpha value is -1.45. The summed E-state index contributed by atoms with van der Waals surface area (Å²) >= 11 is 0. The van der Waals surface area contributed by atoms with Crippen molar-refractivity contribution in [3.63, 3.8) is 0 Å². The summed E-state index contributed by atoms with van der Waals surface area (Å²) in [6, 6.07) is 0. The van der Waals surface area contributed by atoms with E-state index >= 15 is 0 Å². The minimum atomic E-state index is -1.12. The summed E-state index contributed by atoms with van der Waals surface area (Å²) in [7, 11) is 0. The molecule has 0 radical (unpaired) electrons. The second kappa shape index (κ2) is 2.89. The van der Waals surface area contributed by atoms with Crippen molar-refractivity contribution in [1.82, 2.24) is 0 Å². The molecule has 0 fully saturated rings. The first-order chi connectivity index (χ1) is 5.52. The van der Waals surface area contributed by atoms with Gasteiger partial charge in [0.1, 0.15) is 5.92 Å². The quantitative estimate of drug-likeness (QED) is 0.582. The molecule has 0 aromatic carbocycles. The number of hydrogen-bond acceptors (Lipinski definition) is 3. The number of Topliss-reactive ketones (excluding diaryl/α,β-unsaturated/α-hetero) is 1. The Morgan fingerprint density at radius 3 is 2.67 bits per heavy atom. The Labute approximate surface area is 69.6 Å². The molecule has 1 aliphatic rings. The van der Waals surface area contributed by atoms with Crippen molar-refractivity contribution >= 4 is 17.5 Å². The summed E-state index contributed by atoms with van der Waals surface area (Å²) in [5.74, 6) is -2.58. The molecule has 0 amide bonds. The highest BCUT2D eigenvalue weighted by molar-refractivity contribution is 6.43. The summed E-state index contributed by atoms with van der Waals surface area (Å²) < 4.78 is 0. The molecule has 0 aliphatic carbocycles. The van der Waals surface area contributed by atoms with E-state index in [1.807, 2.05) is 0 Å². The summed E-state index contributed by atoms with van der Waals surface area (Å²) in [6.45, 7) is 3.20. The fourth-order valence-electron chi connectivity index (χ4n) is 1.08. The molecule has 1 rings (SSSR count). The van der Waals surface area contributed by atoms with Gasteiger partial charge in [0, 0.05) is 5.70 Å². The number of nitrogens with zero attached hydrogens (tertiary/aromatic N) is 1. The molecular formula is C8H9NO3. The van der Waals surface area contributed by atoms with Crippen LogP contribution in [0.4, 0.5) is 0 Å². The zero-order valence-electron chi connectivity index (χ0n) is 6.87. The molecule has 1 aliphatic heterocycles. The van der Waals surface area contributed by atoms with Crippen molar-refractivity contribution in [3.8, 4) is 0 Å². The van der Waals surface area contributed by atoms with Crippen LogP contribution in [0.1, 0.15) is 13.8 Å². The van der Waals surface area contributed by atoms with Crippen molar-refractivity contribution in [3.05, 3.63) is 11.8 Å². The zero-order valence-corrected chi connectivity index (χ0v) is 6.87. The lowest BCUT2D eigenvalue weighted by Crippen LogP contribution is -2.29. The van der Waals surface area contributed by atoms with E-state index in [2.05, 4.69) is 4.99 Å². The van der Waals surface area contributed by atoms with E-state index in [1.165, 1.54) is 13.0 Å². The number of allylic oxidation sites excluding steroid dienone is 1. The molecule has 0 spiro atoms. The lowest BCUT2D eigenvalue weighted by molar-refractivity contribution is -0.142. The van der Waals surface area contributed by atoms with Crippen LogP contribution in [0.3, 0.4) is 0 Å². The number of hydrogen-bond donors (Lipinski definition) is 1. The van der Waals surface area contributed by atoms with Gasteiger partial charge in [-0.15, -0.1) is 0 Å². The van der Waals surface area contributed by atoms with Gasteiger partial charge in [-0.1, -0.05) is 0 Å². The number of aliphatic imine (C=N–C) groups is 1. The van der Waals surface area contributed by atoms with Crippen LogP contribution in [0.5, 0.6) is 0 Å². The van der Waals surface area contributed by atoms with Crippen LogP contribution in [0.15, 0.2) is 16.8 Å². The van der Waals surface area contributed by atoms with Crippen LogP contribution in [-0.4, -0.2) is 22.6 Å². The van der Waals surface area contributed by atoms with Gasteiger partial charge in [0.25, 0.3) is 0 Å². The van der Waals surface area contributed by atoms with Gasteiger partial charge in [0.15, 0.2) is 5.78 Å². The predicted octanol–water partition coefficient (Wildman–Crippen LogP) is 0.635. The van der Waals surface area contributed by atoms with Crippen molar-refractivity contribution in [1.29, 1.82) is 0 Å². The van der Waals surface area contributed by atoms with Gasteiger partial charge in [0.05, 0.1) is 5.71 Å². The molecular weight excluding hydrogens is 158 g/mol. The third kappa shape index (κ3) is 1.42. The second-order valence-electron chi connectivity index (χ2n) is 2.69. The number of carbonyl (C=O) groups excluding carboxylic acids is 1. The molecule has 1 unspecified atom stereocenters. The fraction of sp³-hybridized carbons (Fsp3) is 0.375. The van der Waals surface area contributed by atoms with Crippen LogP contribution in [-0.2, 0) is 9.59 Å². The summed E-state index contributed by atoms with van der Waals surface area (Å²) in [4.78, 5) is 25.6. The van der Waals surface area contributed by atoms with Gasteiger partial charge in [0.2, 0.25) is 0 Å². The molecule has 12 heavy (non-hydrogen) atoms. The van der Waals surface area contributed by atoms with E-state index in [-0.39, 0.29) is 5.71 Å². The number of ketones is 1. The molecule has 1 heterocycles. The third-order valence-electron chi connectivity index (χ3n) is 1.66. The highest BCUT2D eigenvalue weighted by Crippen LogP contribution is 2.13. The van der Waals surface area contributed by atoms with Gasteiger partial charge in [-0.25, -0.2) is 0 Å². The van der Waals surface area contributed by atoms with Crippen LogP contribution in [0.2, 0.25) is 0 Å². The van der Waals surface area contributed by atoms with E-state index in [0.717, 1.165) is 0 Å². The van der Waals surface area contributed by atoms with Crippen molar-refractivity contribution in [2.24, 2.45) is 10.9 Å². The smallest absolute Gasteiger partial charge is 0.318 e. The van der Waals surface area contributed by atoms with Gasteiger partial charge in [-0.05, 0) is 19.9 Å². The Morgan fingerprint density at radius 1 is 1.58 bits per heavy atom. The Balaban J connectivity index is 3.02. The molecule has 4 nitrogen and oxygen atoms in total. The molecule has 0 aromatic heterocycles. The number of carbonyl (C=O) groups is 2. The molecule has 1 atom stereocenters. The third-order valence-corrected chi connectivity index (χ3v) is 1.66. The first kappa shape index (κ1) is 8.64. The van der Waals surface area contributed by atoms with E-state index in [1.54, 1.807) is 6.92 Å². The first-order valence-electron chi connectivity index (χ1n) is 3.53. The molecule has 0 saturated heterocycles. The van der Waals surface area contributed by atoms with Crippen molar-refractivity contribution in [2.45, 2.75) is 13.8 Å².